The number of aliphatic imine (C=N–C) groups is 1. The fourth-order valence-corrected chi connectivity index (χ4v) is 3.74. The second-order valence-corrected chi connectivity index (χ2v) is 7.99. The normalized spacial score (nSPS) is 16.2. The summed E-state index contributed by atoms with van der Waals surface area (Å²) in [5.74, 6) is -2.01. The number of ether oxygens (including phenoxy) is 2. The minimum atomic E-state index is -0.925. The fraction of sp³-hybridized carbons (Fsp3) is 0.360. The number of amides is 1. The third kappa shape index (κ3) is 6.85. The molecule has 1 heterocycles. The van der Waals surface area contributed by atoms with E-state index in [1.165, 1.54) is 19.6 Å². The van der Waals surface area contributed by atoms with Crippen molar-refractivity contribution in [2.45, 2.75) is 25.4 Å². The fourth-order valence-electron chi connectivity index (χ4n) is 3.74. The first-order valence-electron chi connectivity index (χ1n) is 11.1. The van der Waals surface area contributed by atoms with Crippen LogP contribution in [0.15, 0.2) is 53.2 Å². The highest BCUT2D eigenvalue weighted by atomic mass is 19.1. The number of halogens is 2. The van der Waals surface area contributed by atoms with Crippen LogP contribution in [0.25, 0.3) is 5.76 Å². The summed E-state index contributed by atoms with van der Waals surface area (Å²) >= 11 is 0. The maximum Gasteiger partial charge on any atom is 0.271 e. The van der Waals surface area contributed by atoms with E-state index in [1.807, 2.05) is 0 Å². The molecule has 0 bridgehead atoms. The van der Waals surface area contributed by atoms with Gasteiger partial charge in [-0.05, 0) is 62.3 Å². The zero-order chi connectivity index (χ0) is 24.5. The van der Waals surface area contributed by atoms with Crippen LogP contribution in [0, 0.1) is 11.6 Å². The number of rotatable bonds is 10. The van der Waals surface area contributed by atoms with Gasteiger partial charge in [0, 0.05) is 18.3 Å². The summed E-state index contributed by atoms with van der Waals surface area (Å²) in [4.78, 5) is 18.1. The number of primary amides is 1. The second kappa shape index (κ2) is 12.2. The summed E-state index contributed by atoms with van der Waals surface area (Å²) in [6, 6.07) is 9.96. The van der Waals surface area contributed by atoms with Crippen molar-refractivity contribution in [2.75, 3.05) is 33.4 Å². The predicted molar refractivity (Wildman–Crippen MR) is 125 cm³/mol. The van der Waals surface area contributed by atoms with Gasteiger partial charge in [-0.2, -0.15) is 0 Å². The van der Waals surface area contributed by atoms with Crippen molar-refractivity contribution in [2.24, 2.45) is 10.7 Å². The van der Waals surface area contributed by atoms with E-state index in [4.69, 9.17) is 15.2 Å². The number of methoxy groups -OCH3 is 1. The Bertz CT molecular complexity index is 1010. The van der Waals surface area contributed by atoms with Crippen molar-refractivity contribution in [3.05, 3.63) is 70.9 Å². The number of aliphatic hydroxyl groups excluding tert-OH is 1. The molecular formula is C25H29F2N3O4. The van der Waals surface area contributed by atoms with Crippen LogP contribution in [0.2, 0.25) is 0 Å². The number of piperidine rings is 1. The molecule has 1 aliphatic heterocycles. The molecule has 1 amide bonds. The number of nitrogens with zero attached hydrogens (tertiary/aromatic N) is 2. The maximum absolute atomic E-state index is 13.9. The monoisotopic (exact) mass is 473 g/mol. The van der Waals surface area contributed by atoms with E-state index in [1.54, 1.807) is 24.3 Å². The largest absolute Gasteiger partial charge is 0.494 e. The van der Waals surface area contributed by atoms with Gasteiger partial charge in [-0.15, -0.1) is 0 Å². The highest BCUT2D eigenvalue weighted by molar-refractivity contribution is 6.01. The van der Waals surface area contributed by atoms with Gasteiger partial charge in [0.1, 0.15) is 30.1 Å². The Labute approximate surface area is 197 Å². The lowest BCUT2D eigenvalue weighted by atomic mass is 10.1. The average Bonchev–Trinajstić information content (AvgIpc) is 2.83. The average molecular weight is 474 g/mol. The van der Waals surface area contributed by atoms with Gasteiger partial charge >= 0.3 is 0 Å². The zero-order valence-electron chi connectivity index (χ0n) is 19.0. The standard InChI is InChI=1S/C25H29F2N3O4/c1-33-24(23(25(28)32)29-14-20-21(26)6-5-7-22(20)27)17-8-10-19(11-9-17)34-16-18(31)15-30-12-3-2-4-13-30/h5-11,14,18,31H,2-4,12-13,15-16H2,1H3,(H2,28,32)/b24-23-,29-14?. The van der Waals surface area contributed by atoms with E-state index in [2.05, 4.69) is 9.89 Å². The molecule has 1 aliphatic rings. The number of carbonyl (C=O) groups excluding carboxylic acids is 1. The lowest BCUT2D eigenvalue weighted by molar-refractivity contribution is -0.114. The van der Waals surface area contributed by atoms with Crippen molar-refractivity contribution >= 4 is 17.9 Å². The molecule has 3 rings (SSSR count). The van der Waals surface area contributed by atoms with Crippen LogP contribution in [0.4, 0.5) is 8.78 Å². The molecule has 182 valence electrons. The number of likely N-dealkylation sites (tertiary alicyclic amines) is 1. The molecule has 1 saturated heterocycles. The highest BCUT2D eigenvalue weighted by Crippen LogP contribution is 2.24. The molecule has 7 nitrogen and oxygen atoms in total. The minimum absolute atomic E-state index is 0.0391. The van der Waals surface area contributed by atoms with Crippen molar-refractivity contribution in [1.29, 1.82) is 0 Å². The quantitative estimate of drug-likeness (QED) is 0.314. The van der Waals surface area contributed by atoms with Crippen LogP contribution in [0.5, 0.6) is 5.75 Å². The van der Waals surface area contributed by atoms with Crippen molar-refractivity contribution in [3.63, 3.8) is 0 Å². The van der Waals surface area contributed by atoms with E-state index in [0.717, 1.165) is 44.3 Å². The van der Waals surface area contributed by atoms with Crippen LogP contribution in [0.3, 0.4) is 0 Å². The molecule has 34 heavy (non-hydrogen) atoms. The van der Waals surface area contributed by atoms with E-state index in [9.17, 15) is 18.7 Å². The number of hydrogen-bond donors (Lipinski definition) is 2. The molecule has 2 aromatic carbocycles. The second-order valence-electron chi connectivity index (χ2n) is 7.99. The molecular weight excluding hydrogens is 444 g/mol. The van der Waals surface area contributed by atoms with Gasteiger partial charge < -0.3 is 25.2 Å². The van der Waals surface area contributed by atoms with Crippen molar-refractivity contribution in [1.82, 2.24) is 4.90 Å². The van der Waals surface area contributed by atoms with E-state index < -0.39 is 29.2 Å². The lowest BCUT2D eigenvalue weighted by Gasteiger charge is -2.28. The Kier molecular flexibility index (Phi) is 9.12. The smallest absolute Gasteiger partial charge is 0.271 e. The third-order valence-corrected chi connectivity index (χ3v) is 5.45. The summed E-state index contributed by atoms with van der Waals surface area (Å²) in [5, 5.41) is 10.3. The van der Waals surface area contributed by atoms with Gasteiger partial charge in [-0.1, -0.05) is 12.5 Å². The van der Waals surface area contributed by atoms with Crippen LogP contribution < -0.4 is 10.5 Å². The SMILES string of the molecule is CO/C(=C(\N=Cc1c(F)cccc1F)C(N)=O)c1ccc(OCC(O)CN2CCCCC2)cc1. The van der Waals surface area contributed by atoms with Crippen molar-refractivity contribution in [3.8, 4) is 5.75 Å². The maximum atomic E-state index is 13.9. The number of carbonyl (C=O) groups is 1. The summed E-state index contributed by atoms with van der Waals surface area (Å²) < 4.78 is 38.8. The first kappa shape index (κ1) is 25.3. The van der Waals surface area contributed by atoms with Gasteiger partial charge in [-0.25, -0.2) is 13.8 Å². The number of β-amino-alcohol motifs (C(OH)–C–C–N with tert-alkyl or cyclic N) is 1. The molecule has 0 spiro atoms. The van der Waals surface area contributed by atoms with Gasteiger partial charge in [0.25, 0.3) is 5.91 Å². The molecule has 0 radical (unpaired) electrons. The summed E-state index contributed by atoms with van der Waals surface area (Å²) in [5.41, 5.74) is 5.21. The van der Waals surface area contributed by atoms with Gasteiger partial charge in [0.2, 0.25) is 0 Å². The van der Waals surface area contributed by atoms with Crippen molar-refractivity contribution < 1.29 is 28.2 Å². The Morgan fingerprint density at radius 2 is 1.79 bits per heavy atom. The van der Waals surface area contributed by atoms with Gasteiger partial charge in [0.05, 0.1) is 12.7 Å². The molecule has 1 fully saturated rings. The van der Waals surface area contributed by atoms with Gasteiger partial charge in [-0.3, -0.25) is 4.79 Å². The molecule has 1 atom stereocenters. The van der Waals surface area contributed by atoms with Crippen LogP contribution in [-0.2, 0) is 9.53 Å². The summed E-state index contributed by atoms with van der Waals surface area (Å²) in [6.07, 6.45) is 3.82. The zero-order valence-corrected chi connectivity index (χ0v) is 19.0. The number of benzene rings is 2. The molecule has 3 N–H and O–H groups in total. The van der Waals surface area contributed by atoms with E-state index in [-0.39, 0.29) is 18.1 Å². The number of aliphatic hydroxyl groups is 1. The molecule has 0 saturated carbocycles. The topological polar surface area (TPSA) is 97.4 Å². The summed E-state index contributed by atoms with van der Waals surface area (Å²) in [6.45, 7) is 2.70. The third-order valence-electron chi connectivity index (χ3n) is 5.45. The first-order valence-corrected chi connectivity index (χ1v) is 11.1. The molecule has 0 aliphatic carbocycles. The predicted octanol–water partition coefficient (Wildman–Crippen LogP) is 3.11. The first-order chi connectivity index (χ1) is 16.4. The molecule has 1 unspecified atom stereocenters. The molecule has 9 heteroatoms. The lowest BCUT2D eigenvalue weighted by Crippen LogP contribution is -2.38. The highest BCUT2D eigenvalue weighted by Gasteiger charge is 2.17. The minimum Gasteiger partial charge on any atom is -0.494 e. The van der Waals surface area contributed by atoms with E-state index >= 15 is 0 Å². The Morgan fingerprint density at radius 1 is 1.15 bits per heavy atom. The van der Waals surface area contributed by atoms with Crippen LogP contribution in [-0.4, -0.2) is 61.6 Å². The van der Waals surface area contributed by atoms with Crippen LogP contribution >= 0.6 is 0 Å². The van der Waals surface area contributed by atoms with Gasteiger partial charge in [0.15, 0.2) is 11.5 Å². The number of hydrogen-bond acceptors (Lipinski definition) is 6. The Morgan fingerprint density at radius 3 is 2.38 bits per heavy atom. The van der Waals surface area contributed by atoms with E-state index in [0.29, 0.717) is 17.9 Å². The molecule has 0 aromatic heterocycles. The number of nitrogens with two attached hydrogens (primary N) is 1. The Hall–Kier alpha value is -3.30. The summed E-state index contributed by atoms with van der Waals surface area (Å²) in [7, 11) is 1.33. The Balaban J connectivity index is 1.71. The van der Waals surface area contributed by atoms with Crippen LogP contribution in [0.1, 0.15) is 30.4 Å². The molecule has 2 aromatic rings.